The highest BCUT2D eigenvalue weighted by Crippen LogP contribution is 2.53. The van der Waals surface area contributed by atoms with Gasteiger partial charge in [-0.15, -0.1) is 6.42 Å². The van der Waals surface area contributed by atoms with Crippen LogP contribution in [0.5, 0.6) is 0 Å². The number of hydrogen-bond donors (Lipinski definition) is 1. The Balaban J connectivity index is 1.19. The second kappa shape index (κ2) is 8.11. The van der Waals surface area contributed by atoms with Gasteiger partial charge in [-0.2, -0.15) is 0 Å². The van der Waals surface area contributed by atoms with Crippen LogP contribution in [0.4, 0.5) is 4.39 Å². The summed E-state index contributed by atoms with van der Waals surface area (Å²) in [6, 6.07) is 10.3. The number of nitrogens with zero attached hydrogens (tertiary/aromatic N) is 2. The van der Waals surface area contributed by atoms with Crippen LogP contribution in [0.15, 0.2) is 48.8 Å². The molecule has 156 valence electrons. The number of hydrogen-bond acceptors (Lipinski definition) is 3. The number of carbonyl (C=O) groups is 1. The zero-order valence-corrected chi connectivity index (χ0v) is 17.2. The van der Waals surface area contributed by atoms with E-state index in [9.17, 15) is 9.18 Å². The molecular weight excluding hydrogens is 389 g/mol. The number of terminal acetylenes is 1. The lowest BCUT2D eigenvalue weighted by atomic mass is 9.90. The number of benzene rings is 1. The normalized spacial score (nSPS) is 24.6. The summed E-state index contributed by atoms with van der Waals surface area (Å²) in [6.45, 7) is 0.679. The maximum absolute atomic E-state index is 13.8. The zero-order chi connectivity index (χ0) is 21.4. The van der Waals surface area contributed by atoms with E-state index >= 15 is 0 Å². The van der Waals surface area contributed by atoms with Crippen molar-refractivity contribution >= 4 is 16.8 Å². The summed E-state index contributed by atoms with van der Waals surface area (Å²) in [5, 5.41) is 3.98. The topological polar surface area (TPSA) is 54.9 Å². The molecule has 2 fully saturated rings. The van der Waals surface area contributed by atoms with Crippen molar-refractivity contribution in [1.29, 1.82) is 0 Å². The third-order valence-electron chi connectivity index (χ3n) is 7.00. The maximum atomic E-state index is 13.8. The third-order valence-corrected chi connectivity index (χ3v) is 7.00. The van der Waals surface area contributed by atoms with Crippen molar-refractivity contribution in [3.8, 4) is 12.3 Å². The molecule has 2 heterocycles. The highest BCUT2D eigenvalue weighted by molar-refractivity contribution is 5.92. The summed E-state index contributed by atoms with van der Waals surface area (Å²) in [5.74, 6) is 4.42. The van der Waals surface area contributed by atoms with Gasteiger partial charge in [0.25, 0.3) is 5.91 Å². The zero-order valence-electron chi connectivity index (χ0n) is 17.2. The first-order chi connectivity index (χ1) is 15.1. The first-order valence-electron chi connectivity index (χ1n) is 10.9. The Morgan fingerprint density at radius 2 is 1.90 bits per heavy atom. The first kappa shape index (κ1) is 19.7. The molecule has 0 radical (unpaired) electrons. The van der Waals surface area contributed by atoms with Crippen LogP contribution in [0, 0.1) is 35.9 Å². The molecule has 0 aliphatic heterocycles. The molecule has 5 heteroatoms. The van der Waals surface area contributed by atoms with Crippen molar-refractivity contribution in [1.82, 2.24) is 15.3 Å². The largest absolute Gasteiger partial charge is 0.350 e. The monoisotopic (exact) mass is 413 g/mol. The van der Waals surface area contributed by atoms with E-state index in [0.717, 1.165) is 36.6 Å². The number of halogens is 1. The quantitative estimate of drug-likeness (QED) is 0.631. The molecule has 1 unspecified atom stereocenters. The number of rotatable bonds is 4. The molecule has 1 amide bonds. The average molecular weight is 413 g/mol. The number of pyridine rings is 2. The van der Waals surface area contributed by atoms with Gasteiger partial charge in [0, 0.05) is 29.9 Å². The van der Waals surface area contributed by atoms with Gasteiger partial charge < -0.3 is 5.32 Å². The lowest BCUT2D eigenvalue weighted by molar-refractivity contribution is 0.0941. The number of aromatic nitrogens is 2. The van der Waals surface area contributed by atoms with Crippen molar-refractivity contribution < 1.29 is 9.18 Å². The Morgan fingerprint density at radius 3 is 2.61 bits per heavy atom. The predicted molar refractivity (Wildman–Crippen MR) is 118 cm³/mol. The van der Waals surface area contributed by atoms with Crippen molar-refractivity contribution in [2.75, 3.05) is 6.54 Å². The smallest absolute Gasteiger partial charge is 0.269 e. The highest BCUT2D eigenvalue weighted by Gasteiger charge is 2.42. The van der Waals surface area contributed by atoms with Crippen LogP contribution in [-0.4, -0.2) is 22.4 Å². The summed E-state index contributed by atoms with van der Waals surface area (Å²) < 4.78 is 13.8. The number of carbonyl (C=O) groups excluding carboxylic acids is 1. The predicted octanol–water partition coefficient (Wildman–Crippen LogP) is 4.70. The fourth-order valence-corrected chi connectivity index (χ4v) is 5.60. The fourth-order valence-electron chi connectivity index (χ4n) is 5.60. The van der Waals surface area contributed by atoms with E-state index in [-0.39, 0.29) is 11.7 Å². The second-order valence-electron chi connectivity index (χ2n) is 8.87. The standard InChI is InChI=1S/C26H24FN3O/c1-2-16-3-5-25(29-14-16)26(31)30-15-17-9-18-11-20(12-19(18)10-17)22-7-8-28-24-6-4-21(27)13-23(22)24/h1,3-8,13-14,17-20H,9-12,15H2,(H,30,31)/t17-,18-,19+,20?. The van der Waals surface area contributed by atoms with Gasteiger partial charge in [-0.3, -0.25) is 9.78 Å². The van der Waals surface area contributed by atoms with Crippen LogP contribution in [0.2, 0.25) is 0 Å². The molecule has 2 saturated carbocycles. The minimum Gasteiger partial charge on any atom is -0.350 e. The Hall–Kier alpha value is -3.26. The van der Waals surface area contributed by atoms with Crippen molar-refractivity contribution in [2.24, 2.45) is 17.8 Å². The summed E-state index contributed by atoms with van der Waals surface area (Å²) in [5.41, 5.74) is 3.15. The first-order valence-corrected chi connectivity index (χ1v) is 10.9. The molecule has 4 nitrogen and oxygen atoms in total. The molecule has 3 aromatic rings. The maximum Gasteiger partial charge on any atom is 0.269 e. The molecular formula is C26H24FN3O. The summed E-state index contributed by atoms with van der Waals surface area (Å²) in [6.07, 6.45) is 13.2. The van der Waals surface area contributed by atoms with Gasteiger partial charge in [-0.25, -0.2) is 9.37 Å². The second-order valence-corrected chi connectivity index (χ2v) is 8.87. The molecule has 4 atom stereocenters. The fraction of sp³-hybridized carbons (Fsp3) is 0.346. The summed E-state index contributed by atoms with van der Waals surface area (Å²) in [7, 11) is 0. The van der Waals surface area contributed by atoms with Gasteiger partial charge >= 0.3 is 0 Å². The van der Waals surface area contributed by atoms with Crippen molar-refractivity contribution in [2.45, 2.75) is 31.6 Å². The Bertz CT molecular complexity index is 1150. The molecule has 31 heavy (non-hydrogen) atoms. The number of fused-ring (bicyclic) bond motifs is 2. The van der Waals surface area contributed by atoms with Crippen LogP contribution >= 0.6 is 0 Å². The van der Waals surface area contributed by atoms with Crippen LogP contribution in [0.1, 0.15) is 53.2 Å². The molecule has 0 spiro atoms. The van der Waals surface area contributed by atoms with Gasteiger partial charge in [0.2, 0.25) is 0 Å². The van der Waals surface area contributed by atoms with E-state index in [0.29, 0.717) is 41.5 Å². The Morgan fingerprint density at radius 1 is 1.10 bits per heavy atom. The molecule has 2 aliphatic carbocycles. The molecule has 0 saturated heterocycles. The molecule has 5 rings (SSSR count). The Labute approximate surface area is 181 Å². The molecule has 2 aliphatic rings. The Kier molecular flexibility index (Phi) is 5.15. The van der Waals surface area contributed by atoms with Crippen LogP contribution in [0.25, 0.3) is 10.9 Å². The van der Waals surface area contributed by atoms with E-state index < -0.39 is 0 Å². The molecule has 1 N–H and O–H groups in total. The van der Waals surface area contributed by atoms with Gasteiger partial charge in [0.1, 0.15) is 11.5 Å². The van der Waals surface area contributed by atoms with Crippen molar-refractivity contribution in [3.63, 3.8) is 0 Å². The van der Waals surface area contributed by atoms with Gasteiger partial charge in [0.15, 0.2) is 0 Å². The third kappa shape index (κ3) is 3.90. The minimum absolute atomic E-state index is 0.149. The lowest BCUT2D eigenvalue weighted by Crippen LogP contribution is -2.29. The van der Waals surface area contributed by atoms with Gasteiger partial charge in [-0.1, -0.05) is 5.92 Å². The summed E-state index contributed by atoms with van der Waals surface area (Å²) in [4.78, 5) is 20.9. The summed E-state index contributed by atoms with van der Waals surface area (Å²) >= 11 is 0. The van der Waals surface area contributed by atoms with E-state index in [4.69, 9.17) is 6.42 Å². The van der Waals surface area contributed by atoms with E-state index in [1.165, 1.54) is 11.6 Å². The van der Waals surface area contributed by atoms with Gasteiger partial charge in [-0.05, 0) is 91.3 Å². The van der Waals surface area contributed by atoms with Crippen LogP contribution in [0.3, 0.4) is 0 Å². The molecule has 2 aromatic heterocycles. The van der Waals surface area contributed by atoms with Gasteiger partial charge in [0.05, 0.1) is 5.52 Å². The van der Waals surface area contributed by atoms with E-state index in [1.54, 1.807) is 30.5 Å². The number of nitrogens with one attached hydrogen (secondary N) is 1. The SMILES string of the molecule is C#Cc1ccc(C(=O)NC[C@H]2C[C@H]3CC(c4ccnc5ccc(F)cc45)C[C@H]3C2)nc1. The lowest BCUT2D eigenvalue weighted by Gasteiger charge is -2.17. The van der Waals surface area contributed by atoms with Crippen molar-refractivity contribution in [3.05, 3.63) is 71.4 Å². The average Bonchev–Trinajstić information content (AvgIpc) is 3.36. The molecule has 0 bridgehead atoms. The minimum atomic E-state index is -0.209. The highest BCUT2D eigenvalue weighted by atomic mass is 19.1. The number of amides is 1. The molecule has 1 aromatic carbocycles. The van der Waals surface area contributed by atoms with Crippen LogP contribution in [-0.2, 0) is 0 Å². The van der Waals surface area contributed by atoms with E-state index in [1.807, 2.05) is 6.20 Å². The van der Waals surface area contributed by atoms with E-state index in [2.05, 4.69) is 27.3 Å². The van der Waals surface area contributed by atoms with Crippen LogP contribution < -0.4 is 5.32 Å².